The lowest BCUT2D eigenvalue weighted by atomic mass is 9.62. The number of carbonyl (C=O) groups excluding carboxylic acids is 1. The Kier molecular flexibility index (Phi) is 4.20. The van der Waals surface area contributed by atoms with E-state index in [1.807, 2.05) is 36.0 Å². The minimum atomic E-state index is -0.268. The molecule has 2 saturated carbocycles. The Labute approximate surface area is 202 Å². The van der Waals surface area contributed by atoms with Crippen molar-refractivity contribution in [2.75, 3.05) is 11.9 Å². The third-order valence-corrected chi connectivity index (χ3v) is 7.80. The second-order valence-electron chi connectivity index (χ2n) is 10.9. The lowest BCUT2D eigenvalue weighted by Gasteiger charge is -2.41. The summed E-state index contributed by atoms with van der Waals surface area (Å²) >= 11 is 0. The molecule has 1 amide bonds. The van der Waals surface area contributed by atoms with E-state index in [0.717, 1.165) is 42.6 Å². The van der Waals surface area contributed by atoms with E-state index in [9.17, 15) is 4.79 Å². The standard InChI is InChI=1S/C26H28N6O3/c1-15-7-27-23-19(8-28-32(23)9-15)29-24(33)18-10-31-11-21(26-12-25(3,13-26)34-14-26)30-22(31)6-20(18)35-16(2)17-4-5-17/h6-11,16-17H,4-5,12-14H2,1-3H3,(H,29,33). The van der Waals surface area contributed by atoms with E-state index >= 15 is 0 Å². The summed E-state index contributed by atoms with van der Waals surface area (Å²) in [6.45, 7) is 6.89. The summed E-state index contributed by atoms with van der Waals surface area (Å²) < 4.78 is 15.9. The number of carbonyl (C=O) groups is 1. The molecule has 9 nitrogen and oxygen atoms in total. The molecule has 0 radical (unpaired) electrons. The average molecular weight is 473 g/mol. The Hall–Kier alpha value is -3.46. The highest BCUT2D eigenvalue weighted by atomic mass is 16.5. The van der Waals surface area contributed by atoms with Crippen LogP contribution in [0.3, 0.4) is 0 Å². The second-order valence-corrected chi connectivity index (χ2v) is 10.9. The maximum Gasteiger partial charge on any atom is 0.261 e. The summed E-state index contributed by atoms with van der Waals surface area (Å²) in [7, 11) is 0. The summed E-state index contributed by atoms with van der Waals surface area (Å²) in [6, 6.07) is 1.89. The van der Waals surface area contributed by atoms with Crippen molar-refractivity contribution in [3.8, 4) is 5.75 Å². The van der Waals surface area contributed by atoms with Gasteiger partial charge in [0.25, 0.3) is 5.91 Å². The van der Waals surface area contributed by atoms with Crippen LogP contribution in [0.15, 0.2) is 37.1 Å². The zero-order chi connectivity index (χ0) is 23.9. The van der Waals surface area contributed by atoms with E-state index in [2.05, 4.69) is 29.2 Å². The molecule has 4 aliphatic rings. The van der Waals surface area contributed by atoms with E-state index < -0.39 is 0 Å². The van der Waals surface area contributed by atoms with Gasteiger partial charge in [-0.3, -0.25) is 4.79 Å². The number of nitrogens with one attached hydrogen (secondary N) is 1. The van der Waals surface area contributed by atoms with Crippen molar-refractivity contribution in [3.05, 3.63) is 53.9 Å². The Morgan fingerprint density at radius 3 is 2.83 bits per heavy atom. The fourth-order valence-corrected chi connectivity index (χ4v) is 5.80. The van der Waals surface area contributed by atoms with Gasteiger partial charge >= 0.3 is 0 Å². The maximum atomic E-state index is 13.5. The smallest absolute Gasteiger partial charge is 0.261 e. The topological polar surface area (TPSA) is 95.1 Å². The molecule has 1 unspecified atom stereocenters. The molecular formula is C26H28N6O3. The first-order valence-electron chi connectivity index (χ1n) is 12.3. The van der Waals surface area contributed by atoms with Crippen LogP contribution in [0.4, 0.5) is 5.69 Å². The van der Waals surface area contributed by atoms with Crippen molar-refractivity contribution in [2.24, 2.45) is 5.92 Å². The highest BCUT2D eigenvalue weighted by molar-refractivity contribution is 6.07. The molecule has 180 valence electrons. The molecule has 1 atom stereocenters. The lowest BCUT2D eigenvalue weighted by molar-refractivity contribution is 0.0154. The Morgan fingerprint density at radius 1 is 1.26 bits per heavy atom. The summed E-state index contributed by atoms with van der Waals surface area (Å²) in [6.07, 6.45) is 13.4. The summed E-state index contributed by atoms with van der Waals surface area (Å²) in [5.74, 6) is 0.813. The highest BCUT2D eigenvalue weighted by Crippen LogP contribution is 2.58. The van der Waals surface area contributed by atoms with E-state index in [0.29, 0.717) is 35.2 Å². The van der Waals surface area contributed by atoms with Gasteiger partial charge in [0.15, 0.2) is 5.65 Å². The normalized spacial score (nSPS) is 26.1. The van der Waals surface area contributed by atoms with Gasteiger partial charge in [-0.15, -0.1) is 0 Å². The number of amides is 1. The van der Waals surface area contributed by atoms with Crippen molar-refractivity contribution in [2.45, 2.75) is 63.6 Å². The first-order chi connectivity index (χ1) is 16.8. The van der Waals surface area contributed by atoms with Crippen LogP contribution in [0, 0.1) is 12.8 Å². The number of fused-ring (bicyclic) bond motifs is 3. The predicted octanol–water partition coefficient (Wildman–Crippen LogP) is 3.94. The van der Waals surface area contributed by atoms with Gasteiger partial charge in [0.1, 0.15) is 17.1 Å². The first kappa shape index (κ1) is 20.9. The van der Waals surface area contributed by atoms with E-state index in [1.54, 1.807) is 16.9 Å². The predicted molar refractivity (Wildman–Crippen MR) is 129 cm³/mol. The number of aryl methyl sites for hydroxylation is 1. The number of ether oxygens (including phenoxy) is 2. The third kappa shape index (κ3) is 3.32. The van der Waals surface area contributed by atoms with Gasteiger partial charge in [-0.25, -0.2) is 14.5 Å². The van der Waals surface area contributed by atoms with Crippen LogP contribution in [-0.2, 0) is 10.2 Å². The number of hydrogen-bond acceptors (Lipinski definition) is 6. The number of nitrogens with zero attached hydrogens (tertiary/aromatic N) is 5. The molecule has 4 fully saturated rings. The van der Waals surface area contributed by atoms with Gasteiger partial charge in [0.2, 0.25) is 0 Å². The Balaban J connectivity index is 1.26. The van der Waals surface area contributed by atoms with E-state index in [-0.39, 0.29) is 23.0 Å². The van der Waals surface area contributed by atoms with Crippen molar-refractivity contribution in [1.82, 2.24) is 24.0 Å². The van der Waals surface area contributed by atoms with Crippen molar-refractivity contribution < 1.29 is 14.3 Å². The first-order valence-corrected chi connectivity index (χ1v) is 12.3. The molecule has 4 aromatic heterocycles. The molecule has 2 aliphatic heterocycles. The van der Waals surface area contributed by atoms with Crippen molar-refractivity contribution >= 4 is 22.9 Å². The van der Waals surface area contributed by atoms with Gasteiger partial charge in [-0.1, -0.05) is 0 Å². The molecule has 35 heavy (non-hydrogen) atoms. The van der Waals surface area contributed by atoms with Crippen molar-refractivity contribution in [1.29, 1.82) is 0 Å². The maximum absolute atomic E-state index is 13.5. The molecule has 0 aromatic carbocycles. The van der Waals surface area contributed by atoms with Gasteiger partial charge in [-0.2, -0.15) is 5.10 Å². The monoisotopic (exact) mass is 472 g/mol. The minimum absolute atomic E-state index is 0.0181. The third-order valence-electron chi connectivity index (χ3n) is 7.80. The highest BCUT2D eigenvalue weighted by Gasteiger charge is 2.61. The molecular weight excluding hydrogens is 444 g/mol. The van der Waals surface area contributed by atoms with Crippen LogP contribution in [0.5, 0.6) is 5.75 Å². The van der Waals surface area contributed by atoms with Gasteiger partial charge in [-0.05, 0) is 57.9 Å². The zero-order valence-corrected chi connectivity index (χ0v) is 20.1. The molecule has 2 bridgehead atoms. The Morgan fingerprint density at radius 2 is 2.09 bits per heavy atom. The molecule has 4 aromatic rings. The number of hydrogen-bond donors (Lipinski definition) is 1. The Bertz CT molecular complexity index is 1490. The summed E-state index contributed by atoms with van der Waals surface area (Å²) in [5.41, 5.74) is 4.35. The van der Waals surface area contributed by atoms with Crippen LogP contribution < -0.4 is 10.1 Å². The van der Waals surface area contributed by atoms with Crippen LogP contribution in [0.1, 0.15) is 61.1 Å². The average Bonchev–Trinajstić information content (AvgIpc) is 3.14. The van der Waals surface area contributed by atoms with Crippen LogP contribution in [-0.4, -0.2) is 48.2 Å². The second kappa shape index (κ2) is 7.04. The number of aromatic nitrogens is 5. The van der Waals surface area contributed by atoms with E-state index in [4.69, 9.17) is 14.5 Å². The number of imidazole rings is 1. The SMILES string of the molecule is Cc1cnc2c(NC(=O)c3cn4cc(C56COC(C)(C5)C6)nc4cc3OC(C)C3CC3)cnn2c1. The summed E-state index contributed by atoms with van der Waals surface area (Å²) in [5, 5.41) is 7.31. The fraction of sp³-hybridized carbons (Fsp3) is 0.462. The van der Waals surface area contributed by atoms with Gasteiger partial charge < -0.3 is 19.2 Å². The molecule has 8 rings (SSSR count). The van der Waals surface area contributed by atoms with Gasteiger partial charge in [0, 0.05) is 36.3 Å². The largest absolute Gasteiger partial charge is 0.489 e. The lowest BCUT2D eigenvalue weighted by Crippen LogP contribution is -2.45. The van der Waals surface area contributed by atoms with Gasteiger partial charge in [0.05, 0.1) is 35.8 Å². The summed E-state index contributed by atoms with van der Waals surface area (Å²) in [4.78, 5) is 22.9. The quantitative estimate of drug-likeness (QED) is 0.457. The zero-order valence-electron chi connectivity index (χ0n) is 20.1. The number of rotatable bonds is 6. The van der Waals surface area contributed by atoms with Crippen LogP contribution in [0.2, 0.25) is 0 Å². The number of pyridine rings is 1. The minimum Gasteiger partial charge on any atom is -0.489 e. The molecule has 1 N–H and O–H groups in total. The molecule has 9 heteroatoms. The van der Waals surface area contributed by atoms with Crippen LogP contribution >= 0.6 is 0 Å². The molecule has 2 aliphatic carbocycles. The molecule has 0 spiro atoms. The van der Waals surface area contributed by atoms with Crippen molar-refractivity contribution in [3.63, 3.8) is 0 Å². The molecule has 6 heterocycles. The number of anilines is 1. The molecule has 2 saturated heterocycles. The van der Waals surface area contributed by atoms with Crippen LogP contribution in [0.25, 0.3) is 11.3 Å². The van der Waals surface area contributed by atoms with E-state index in [1.165, 1.54) is 0 Å². The fourth-order valence-electron chi connectivity index (χ4n) is 5.80.